The van der Waals surface area contributed by atoms with Gasteiger partial charge in [0, 0.05) is 13.5 Å². The Hall–Kier alpha value is -0.940. The van der Waals surface area contributed by atoms with Crippen LogP contribution in [0.3, 0.4) is 0 Å². The minimum absolute atomic E-state index is 0.281. The molecule has 5 nitrogen and oxygen atoms in total. The van der Waals surface area contributed by atoms with Crippen LogP contribution in [-0.4, -0.2) is 30.3 Å². The highest BCUT2D eigenvalue weighted by atomic mass is 16.5. The van der Waals surface area contributed by atoms with Crippen LogP contribution in [0.2, 0.25) is 0 Å². The molecule has 1 aromatic heterocycles. The van der Waals surface area contributed by atoms with Gasteiger partial charge in [0.05, 0.1) is 0 Å². The number of methoxy groups -OCH3 is 1. The summed E-state index contributed by atoms with van der Waals surface area (Å²) in [7, 11) is 1.76. The fraction of sp³-hybridized carbons (Fsp3) is 0.867. The highest BCUT2D eigenvalue weighted by molar-refractivity contribution is 5.04. The van der Waals surface area contributed by atoms with Crippen LogP contribution in [0.25, 0.3) is 0 Å². The van der Waals surface area contributed by atoms with Gasteiger partial charge in [-0.25, -0.2) is 0 Å². The van der Waals surface area contributed by atoms with Gasteiger partial charge in [-0.1, -0.05) is 5.16 Å². The summed E-state index contributed by atoms with van der Waals surface area (Å²) in [5.41, 5.74) is -0.281. The summed E-state index contributed by atoms with van der Waals surface area (Å²) < 4.78 is 11.1. The summed E-state index contributed by atoms with van der Waals surface area (Å²) in [5, 5.41) is 7.58. The van der Waals surface area contributed by atoms with Crippen LogP contribution in [0, 0.1) is 5.92 Å². The third kappa shape index (κ3) is 2.88. The van der Waals surface area contributed by atoms with E-state index >= 15 is 0 Å². The van der Waals surface area contributed by atoms with Crippen molar-refractivity contribution in [1.82, 2.24) is 15.5 Å². The van der Waals surface area contributed by atoms with Crippen molar-refractivity contribution >= 4 is 0 Å². The van der Waals surface area contributed by atoms with E-state index in [0.717, 1.165) is 56.4 Å². The second kappa shape index (κ2) is 6.22. The lowest BCUT2D eigenvalue weighted by molar-refractivity contribution is -0.0178. The number of hydrogen-bond donors (Lipinski definition) is 1. The Labute approximate surface area is 120 Å². The molecule has 2 aliphatic rings. The van der Waals surface area contributed by atoms with E-state index in [1.54, 1.807) is 7.11 Å². The first-order chi connectivity index (χ1) is 9.82. The van der Waals surface area contributed by atoms with Crippen molar-refractivity contribution in [2.45, 2.75) is 57.0 Å². The van der Waals surface area contributed by atoms with E-state index in [1.807, 2.05) is 0 Å². The van der Waals surface area contributed by atoms with Crippen LogP contribution in [0.1, 0.15) is 56.7 Å². The lowest BCUT2D eigenvalue weighted by Crippen LogP contribution is -2.28. The molecule has 2 fully saturated rings. The van der Waals surface area contributed by atoms with Crippen LogP contribution in [0.5, 0.6) is 0 Å². The molecule has 1 saturated carbocycles. The summed E-state index contributed by atoms with van der Waals surface area (Å²) >= 11 is 0. The Morgan fingerprint density at radius 3 is 2.75 bits per heavy atom. The normalized spacial score (nSPS) is 23.2. The van der Waals surface area contributed by atoms with Gasteiger partial charge < -0.3 is 14.6 Å². The Balaban J connectivity index is 1.58. The average Bonchev–Trinajstić information content (AvgIpc) is 3.16. The molecule has 1 aliphatic carbocycles. The van der Waals surface area contributed by atoms with Gasteiger partial charge in [-0.15, -0.1) is 0 Å². The molecule has 0 amide bonds. The zero-order valence-electron chi connectivity index (χ0n) is 12.4. The first kappa shape index (κ1) is 14.0. The third-order valence-electron chi connectivity index (χ3n) is 4.90. The topological polar surface area (TPSA) is 60.2 Å². The highest BCUT2D eigenvalue weighted by Gasteiger charge is 2.40. The molecule has 1 saturated heterocycles. The number of nitrogens with one attached hydrogen (secondary N) is 1. The molecule has 5 heteroatoms. The number of aromatic nitrogens is 2. The molecule has 1 aromatic rings. The SMILES string of the molecule is COC1(c2noc(CCC3CCNCC3)n2)CCCC1. The van der Waals surface area contributed by atoms with Crippen molar-refractivity contribution in [2.24, 2.45) is 5.92 Å². The fourth-order valence-corrected chi connectivity index (χ4v) is 3.50. The summed E-state index contributed by atoms with van der Waals surface area (Å²) in [6, 6.07) is 0. The summed E-state index contributed by atoms with van der Waals surface area (Å²) in [4.78, 5) is 4.60. The van der Waals surface area contributed by atoms with Crippen LogP contribution in [0.4, 0.5) is 0 Å². The summed E-state index contributed by atoms with van der Waals surface area (Å²) in [6.07, 6.45) is 8.99. The first-order valence-electron chi connectivity index (χ1n) is 7.91. The number of ether oxygens (including phenoxy) is 1. The van der Waals surface area contributed by atoms with Gasteiger partial charge in [0.1, 0.15) is 5.60 Å². The van der Waals surface area contributed by atoms with Gasteiger partial charge in [0.2, 0.25) is 11.7 Å². The third-order valence-corrected chi connectivity index (χ3v) is 4.90. The van der Waals surface area contributed by atoms with Crippen molar-refractivity contribution in [3.63, 3.8) is 0 Å². The lowest BCUT2D eigenvalue weighted by atomic mass is 9.93. The van der Waals surface area contributed by atoms with E-state index in [-0.39, 0.29) is 5.60 Å². The smallest absolute Gasteiger partial charge is 0.226 e. The van der Waals surface area contributed by atoms with Crippen molar-refractivity contribution in [1.29, 1.82) is 0 Å². The first-order valence-corrected chi connectivity index (χ1v) is 7.91. The van der Waals surface area contributed by atoms with E-state index in [0.29, 0.717) is 0 Å². The molecule has 1 N–H and O–H groups in total. The number of hydrogen-bond acceptors (Lipinski definition) is 5. The summed E-state index contributed by atoms with van der Waals surface area (Å²) in [5.74, 6) is 2.34. The molecule has 0 unspecified atom stereocenters. The molecule has 0 aromatic carbocycles. The average molecular weight is 279 g/mol. The lowest BCUT2D eigenvalue weighted by Gasteiger charge is -2.22. The van der Waals surface area contributed by atoms with Crippen molar-refractivity contribution in [3.05, 3.63) is 11.7 Å². The van der Waals surface area contributed by atoms with Crippen molar-refractivity contribution in [3.8, 4) is 0 Å². The van der Waals surface area contributed by atoms with Crippen LogP contribution in [-0.2, 0) is 16.8 Å². The van der Waals surface area contributed by atoms with Crippen LogP contribution >= 0.6 is 0 Å². The predicted octanol–water partition coefficient (Wildman–Crippen LogP) is 2.42. The second-order valence-corrected chi connectivity index (χ2v) is 6.15. The van der Waals surface area contributed by atoms with Gasteiger partial charge in [-0.05, 0) is 64.0 Å². The standard InChI is InChI=1S/C15H25N3O2/c1-19-15(8-2-3-9-15)14-17-13(20-18-14)5-4-12-6-10-16-11-7-12/h12,16H,2-11H2,1H3. The Kier molecular flexibility index (Phi) is 4.36. The van der Waals surface area contributed by atoms with Crippen molar-refractivity contribution in [2.75, 3.05) is 20.2 Å². The maximum Gasteiger partial charge on any atom is 0.226 e. The molecule has 0 bridgehead atoms. The maximum atomic E-state index is 5.70. The number of rotatable bonds is 5. The van der Waals surface area contributed by atoms with Gasteiger partial charge in [-0.3, -0.25) is 0 Å². The Morgan fingerprint density at radius 1 is 1.30 bits per heavy atom. The molecule has 1 aliphatic heterocycles. The Morgan fingerprint density at radius 2 is 2.05 bits per heavy atom. The molecule has 2 heterocycles. The molecule has 20 heavy (non-hydrogen) atoms. The molecular weight excluding hydrogens is 254 g/mol. The fourth-order valence-electron chi connectivity index (χ4n) is 3.50. The van der Waals surface area contributed by atoms with Crippen LogP contribution in [0.15, 0.2) is 4.52 Å². The quantitative estimate of drug-likeness (QED) is 0.897. The highest BCUT2D eigenvalue weighted by Crippen LogP contribution is 2.40. The van der Waals surface area contributed by atoms with Gasteiger partial charge in [0.25, 0.3) is 0 Å². The monoisotopic (exact) mass is 279 g/mol. The molecule has 112 valence electrons. The number of aryl methyl sites for hydroxylation is 1. The molecular formula is C15H25N3O2. The predicted molar refractivity (Wildman–Crippen MR) is 75.4 cm³/mol. The van der Waals surface area contributed by atoms with Gasteiger partial charge in [0.15, 0.2) is 0 Å². The maximum absolute atomic E-state index is 5.70. The largest absolute Gasteiger partial charge is 0.370 e. The van der Waals surface area contributed by atoms with Crippen LogP contribution < -0.4 is 5.32 Å². The van der Waals surface area contributed by atoms with E-state index < -0.39 is 0 Å². The van der Waals surface area contributed by atoms with E-state index in [1.165, 1.54) is 25.7 Å². The van der Waals surface area contributed by atoms with E-state index in [4.69, 9.17) is 9.26 Å². The zero-order valence-corrected chi connectivity index (χ0v) is 12.4. The van der Waals surface area contributed by atoms with Gasteiger partial charge in [-0.2, -0.15) is 4.98 Å². The van der Waals surface area contributed by atoms with E-state index in [2.05, 4.69) is 15.5 Å². The molecule has 0 spiro atoms. The molecule has 3 rings (SSSR count). The zero-order chi connectivity index (χ0) is 13.8. The number of piperidine rings is 1. The Bertz CT molecular complexity index is 421. The second-order valence-electron chi connectivity index (χ2n) is 6.15. The minimum Gasteiger partial charge on any atom is -0.370 e. The van der Waals surface area contributed by atoms with Crippen molar-refractivity contribution < 1.29 is 9.26 Å². The number of nitrogens with zero attached hydrogens (tertiary/aromatic N) is 2. The molecule has 0 radical (unpaired) electrons. The summed E-state index contributed by atoms with van der Waals surface area (Å²) in [6.45, 7) is 2.29. The minimum atomic E-state index is -0.281. The van der Waals surface area contributed by atoms with E-state index in [9.17, 15) is 0 Å². The molecule has 0 atom stereocenters. The van der Waals surface area contributed by atoms with Gasteiger partial charge >= 0.3 is 0 Å².